The molecule has 20 heavy (non-hydrogen) atoms. The van der Waals surface area contributed by atoms with E-state index in [9.17, 15) is 4.79 Å². The molecule has 1 aliphatic heterocycles. The summed E-state index contributed by atoms with van der Waals surface area (Å²) in [6.45, 7) is 4.40. The van der Waals surface area contributed by atoms with Gasteiger partial charge < -0.3 is 10.6 Å². The molecule has 1 aliphatic rings. The number of piperidine rings is 1. The van der Waals surface area contributed by atoms with E-state index in [0.29, 0.717) is 6.42 Å². The van der Waals surface area contributed by atoms with Crippen LogP contribution in [0.3, 0.4) is 0 Å². The minimum absolute atomic E-state index is 0.123. The minimum Gasteiger partial charge on any atom is -0.326 e. The van der Waals surface area contributed by atoms with Gasteiger partial charge in [0.15, 0.2) is 0 Å². The number of carbonyl (C=O) groups is 1. The van der Waals surface area contributed by atoms with E-state index in [1.807, 2.05) is 12.1 Å². The average Bonchev–Trinajstić information content (AvgIpc) is 2.48. The lowest BCUT2D eigenvalue weighted by atomic mass is 9.91. The van der Waals surface area contributed by atoms with E-state index in [1.165, 1.54) is 18.4 Å². The number of nitrogens with one attached hydrogen (secondary N) is 2. The highest BCUT2D eigenvalue weighted by molar-refractivity contribution is 5.90. The number of rotatable bonds is 6. The van der Waals surface area contributed by atoms with Crippen LogP contribution in [0.2, 0.25) is 0 Å². The molecule has 110 valence electrons. The molecule has 0 radical (unpaired) electrons. The first-order valence-electron chi connectivity index (χ1n) is 7.87. The fraction of sp³-hybridized carbons (Fsp3) is 0.588. The number of anilines is 1. The van der Waals surface area contributed by atoms with Crippen LogP contribution in [0.4, 0.5) is 5.69 Å². The number of hydrogen-bond acceptors (Lipinski definition) is 2. The maximum absolute atomic E-state index is 11.7. The van der Waals surface area contributed by atoms with Crippen molar-refractivity contribution in [3.63, 3.8) is 0 Å². The Morgan fingerprint density at radius 2 is 1.95 bits per heavy atom. The van der Waals surface area contributed by atoms with Crippen LogP contribution < -0.4 is 10.6 Å². The van der Waals surface area contributed by atoms with Gasteiger partial charge in [-0.1, -0.05) is 25.5 Å². The lowest BCUT2D eigenvalue weighted by Crippen LogP contribution is -2.28. The van der Waals surface area contributed by atoms with Crippen LogP contribution in [0.15, 0.2) is 24.3 Å². The molecule has 0 aromatic heterocycles. The summed E-state index contributed by atoms with van der Waals surface area (Å²) in [7, 11) is 0. The van der Waals surface area contributed by atoms with Crippen molar-refractivity contribution < 1.29 is 4.79 Å². The number of hydrogen-bond donors (Lipinski definition) is 2. The monoisotopic (exact) mass is 274 g/mol. The van der Waals surface area contributed by atoms with Crippen molar-refractivity contribution in [2.45, 2.75) is 45.4 Å². The minimum atomic E-state index is 0.123. The second kappa shape index (κ2) is 8.05. The first-order chi connectivity index (χ1) is 9.78. The second-order valence-corrected chi connectivity index (χ2v) is 5.75. The quantitative estimate of drug-likeness (QED) is 0.835. The van der Waals surface area contributed by atoms with E-state index in [0.717, 1.165) is 44.0 Å². The Balaban J connectivity index is 1.81. The molecule has 1 heterocycles. The molecule has 3 heteroatoms. The number of unbranched alkanes of at least 4 members (excludes halogenated alkanes) is 1. The highest BCUT2D eigenvalue weighted by Crippen LogP contribution is 2.19. The Morgan fingerprint density at radius 1 is 1.25 bits per heavy atom. The fourth-order valence-electron chi connectivity index (χ4n) is 2.70. The second-order valence-electron chi connectivity index (χ2n) is 5.75. The topological polar surface area (TPSA) is 41.1 Å². The Bertz CT molecular complexity index is 408. The molecule has 1 fully saturated rings. The van der Waals surface area contributed by atoms with Crippen molar-refractivity contribution in [3.8, 4) is 0 Å². The third-order valence-electron chi connectivity index (χ3n) is 3.98. The fourth-order valence-corrected chi connectivity index (χ4v) is 2.70. The van der Waals surface area contributed by atoms with Crippen molar-refractivity contribution in [2.75, 3.05) is 18.4 Å². The zero-order valence-electron chi connectivity index (χ0n) is 12.5. The van der Waals surface area contributed by atoms with Crippen LogP contribution in [0.25, 0.3) is 0 Å². The highest BCUT2D eigenvalue weighted by atomic mass is 16.1. The third kappa shape index (κ3) is 4.97. The highest BCUT2D eigenvalue weighted by Gasteiger charge is 2.13. The standard InChI is InChI=1S/C17H26N2O/c1-2-3-4-17(20)19-16-7-5-14(6-8-16)13-15-9-11-18-12-10-15/h5-8,15,18H,2-4,9-13H2,1H3,(H,19,20). The average molecular weight is 274 g/mol. The molecular formula is C17H26N2O. The molecule has 0 bridgehead atoms. The van der Waals surface area contributed by atoms with Gasteiger partial charge in [0.2, 0.25) is 5.91 Å². The van der Waals surface area contributed by atoms with E-state index in [-0.39, 0.29) is 5.91 Å². The lowest BCUT2D eigenvalue weighted by Gasteiger charge is -2.22. The summed E-state index contributed by atoms with van der Waals surface area (Å²) in [5, 5.41) is 6.36. The van der Waals surface area contributed by atoms with Crippen molar-refractivity contribution >= 4 is 11.6 Å². The molecule has 1 aromatic carbocycles. The van der Waals surface area contributed by atoms with Crippen LogP contribution in [-0.4, -0.2) is 19.0 Å². The molecule has 3 nitrogen and oxygen atoms in total. The van der Waals surface area contributed by atoms with Gasteiger partial charge in [-0.25, -0.2) is 0 Å². The number of benzene rings is 1. The van der Waals surface area contributed by atoms with E-state index in [1.54, 1.807) is 0 Å². The molecule has 1 saturated heterocycles. The largest absolute Gasteiger partial charge is 0.326 e. The molecule has 2 N–H and O–H groups in total. The zero-order valence-corrected chi connectivity index (χ0v) is 12.5. The Labute approximate surface area is 122 Å². The summed E-state index contributed by atoms with van der Waals surface area (Å²) in [6.07, 6.45) is 6.34. The van der Waals surface area contributed by atoms with Gasteiger partial charge in [-0.05, 0) is 62.4 Å². The first kappa shape index (κ1) is 15.0. The van der Waals surface area contributed by atoms with Gasteiger partial charge in [0, 0.05) is 12.1 Å². The van der Waals surface area contributed by atoms with Crippen molar-refractivity contribution in [1.82, 2.24) is 5.32 Å². The van der Waals surface area contributed by atoms with Crippen LogP contribution in [0.5, 0.6) is 0 Å². The van der Waals surface area contributed by atoms with Gasteiger partial charge in [-0.15, -0.1) is 0 Å². The SMILES string of the molecule is CCCCC(=O)Nc1ccc(CC2CCNCC2)cc1. The van der Waals surface area contributed by atoms with Gasteiger partial charge in [-0.2, -0.15) is 0 Å². The summed E-state index contributed by atoms with van der Waals surface area (Å²) in [5.74, 6) is 0.930. The summed E-state index contributed by atoms with van der Waals surface area (Å²) in [6, 6.07) is 8.36. The summed E-state index contributed by atoms with van der Waals surface area (Å²) in [5.41, 5.74) is 2.30. The van der Waals surface area contributed by atoms with Crippen molar-refractivity contribution in [1.29, 1.82) is 0 Å². The molecule has 0 spiro atoms. The van der Waals surface area contributed by atoms with Gasteiger partial charge >= 0.3 is 0 Å². The van der Waals surface area contributed by atoms with Crippen LogP contribution in [0, 0.1) is 5.92 Å². The molecule has 2 rings (SSSR count). The van der Waals surface area contributed by atoms with Crippen LogP contribution in [-0.2, 0) is 11.2 Å². The molecule has 1 aromatic rings. The molecular weight excluding hydrogens is 248 g/mol. The Hall–Kier alpha value is -1.35. The maximum atomic E-state index is 11.7. The predicted octanol–water partition coefficient (Wildman–Crippen LogP) is 3.36. The maximum Gasteiger partial charge on any atom is 0.224 e. The number of carbonyl (C=O) groups excluding carboxylic acids is 1. The Morgan fingerprint density at radius 3 is 2.60 bits per heavy atom. The first-order valence-corrected chi connectivity index (χ1v) is 7.87. The summed E-state index contributed by atoms with van der Waals surface area (Å²) >= 11 is 0. The predicted molar refractivity (Wildman–Crippen MR) is 83.9 cm³/mol. The van der Waals surface area contributed by atoms with Crippen LogP contribution in [0.1, 0.15) is 44.6 Å². The molecule has 0 aliphatic carbocycles. The molecule has 1 amide bonds. The van der Waals surface area contributed by atoms with E-state index in [4.69, 9.17) is 0 Å². The van der Waals surface area contributed by atoms with Gasteiger partial charge in [0.1, 0.15) is 0 Å². The van der Waals surface area contributed by atoms with Crippen LogP contribution >= 0.6 is 0 Å². The van der Waals surface area contributed by atoms with Gasteiger partial charge in [0.05, 0.1) is 0 Å². The Kier molecular flexibility index (Phi) is 6.06. The van der Waals surface area contributed by atoms with E-state index in [2.05, 4.69) is 29.7 Å². The van der Waals surface area contributed by atoms with E-state index >= 15 is 0 Å². The summed E-state index contributed by atoms with van der Waals surface area (Å²) in [4.78, 5) is 11.7. The lowest BCUT2D eigenvalue weighted by molar-refractivity contribution is -0.116. The molecule has 0 unspecified atom stereocenters. The van der Waals surface area contributed by atoms with Crippen molar-refractivity contribution in [2.24, 2.45) is 5.92 Å². The summed E-state index contributed by atoms with van der Waals surface area (Å²) < 4.78 is 0. The van der Waals surface area contributed by atoms with Gasteiger partial charge in [-0.3, -0.25) is 4.79 Å². The molecule has 0 atom stereocenters. The zero-order chi connectivity index (χ0) is 14.2. The normalized spacial score (nSPS) is 16.1. The third-order valence-corrected chi connectivity index (χ3v) is 3.98. The van der Waals surface area contributed by atoms with E-state index < -0.39 is 0 Å². The van der Waals surface area contributed by atoms with Crippen molar-refractivity contribution in [3.05, 3.63) is 29.8 Å². The smallest absolute Gasteiger partial charge is 0.224 e. The molecule has 0 saturated carbocycles. The van der Waals surface area contributed by atoms with Gasteiger partial charge in [0.25, 0.3) is 0 Å². The number of amides is 1.